The fourth-order valence-corrected chi connectivity index (χ4v) is 2.08. The normalized spacial score (nSPS) is 21.9. The van der Waals surface area contributed by atoms with Gasteiger partial charge in [0.15, 0.2) is 0 Å². The first-order valence-electron chi connectivity index (χ1n) is 5.36. The highest BCUT2D eigenvalue weighted by Crippen LogP contribution is 2.16. The third-order valence-corrected chi connectivity index (χ3v) is 3.08. The van der Waals surface area contributed by atoms with Crippen molar-refractivity contribution < 1.29 is 14.7 Å². The molecule has 0 aromatic heterocycles. The number of thiol groups is 1. The lowest BCUT2D eigenvalue weighted by Crippen LogP contribution is -2.48. The number of hydrogen-bond donors (Lipinski definition) is 3. The van der Waals surface area contributed by atoms with Crippen molar-refractivity contribution in [3.63, 3.8) is 0 Å². The topological polar surface area (TPSA) is 69.6 Å². The van der Waals surface area contributed by atoms with Crippen LogP contribution in [0.5, 0.6) is 0 Å². The van der Waals surface area contributed by atoms with Crippen molar-refractivity contribution in [2.75, 3.05) is 25.4 Å². The molecule has 6 heteroatoms. The Hall–Kier alpha value is -0.750. The molecule has 16 heavy (non-hydrogen) atoms. The van der Waals surface area contributed by atoms with Crippen molar-refractivity contribution in [1.29, 1.82) is 0 Å². The lowest BCUT2D eigenvalue weighted by atomic mass is 10.1. The third-order valence-electron chi connectivity index (χ3n) is 2.71. The summed E-state index contributed by atoms with van der Waals surface area (Å²) in [5.41, 5.74) is 0. The number of hydrogen-bond acceptors (Lipinski definition) is 4. The van der Waals surface area contributed by atoms with E-state index in [1.54, 1.807) is 4.90 Å². The molecular weight excluding hydrogens is 228 g/mol. The van der Waals surface area contributed by atoms with Crippen LogP contribution < -0.4 is 5.32 Å². The van der Waals surface area contributed by atoms with Gasteiger partial charge in [0.25, 0.3) is 0 Å². The van der Waals surface area contributed by atoms with Crippen LogP contribution >= 0.6 is 12.6 Å². The molecule has 1 saturated heterocycles. The summed E-state index contributed by atoms with van der Waals surface area (Å²) in [5.74, 6) is 0.118. The Balaban J connectivity index is 2.52. The predicted octanol–water partition coefficient (Wildman–Crippen LogP) is -0.738. The number of likely N-dealkylation sites (tertiary alicyclic amines) is 1. The van der Waals surface area contributed by atoms with Crippen molar-refractivity contribution in [3.8, 4) is 0 Å². The lowest BCUT2D eigenvalue weighted by molar-refractivity contribution is -0.134. The smallest absolute Gasteiger partial charge is 0.246 e. The van der Waals surface area contributed by atoms with Crippen molar-refractivity contribution in [3.05, 3.63) is 0 Å². The second kappa shape index (κ2) is 6.10. The van der Waals surface area contributed by atoms with E-state index >= 15 is 0 Å². The first-order chi connectivity index (χ1) is 7.58. The minimum absolute atomic E-state index is 0.107. The Labute approximate surface area is 101 Å². The monoisotopic (exact) mass is 246 g/mol. The van der Waals surface area contributed by atoms with Crippen LogP contribution in [0.4, 0.5) is 0 Å². The molecule has 2 N–H and O–H groups in total. The third kappa shape index (κ3) is 3.38. The van der Waals surface area contributed by atoms with E-state index < -0.39 is 6.04 Å². The molecule has 0 radical (unpaired) electrons. The van der Waals surface area contributed by atoms with E-state index in [2.05, 4.69) is 17.9 Å². The predicted molar refractivity (Wildman–Crippen MR) is 63.2 cm³/mol. The molecule has 1 rings (SSSR count). The first-order valence-corrected chi connectivity index (χ1v) is 5.99. The highest BCUT2D eigenvalue weighted by molar-refractivity contribution is 7.80. The van der Waals surface area contributed by atoms with E-state index in [1.807, 2.05) is 0 Å². The average Bonchev–Trinajstić information content (AvgIpc) is 2.73. The Bertz CT molecular complexity index is 273. The SMILES string of the molecule is CC(=O)NC(CS)C(=O)N1CCC(CO)C1. The summed E-state index contributed by atoms with van der Waals surface area (Å²) in [7, 11) is 0. The number of carbonyl (C=O) groups is 2. The van der Waals surface area contributed by atoms with Crippen LogP contribution in [0.15, 0.2) is 0 Å². The Morgan fingerprint density at radius 2 is 2.31 bits per heavy atom. The maximum atomic E-state index is 12.0. The summed E-state index contributed by atoms with van der Waals surface area (Å²) in [6.07, 6.45) is 0.821. The molecule has 0 aromatic rings. The molecule has 92 valence electrons. The molecule has 1 fully saturated rings. The number of rotatable bonds is 4. The molecular formula is C10H18N2O3S. The fourth-order valence-electron chi connectivity index (χ4n) is 1.83. The molecule has 0 spiro atoms. The summed E-state index contributed by atoms with van der Waals surface area (Å²) in [6, 6.07) is -0.557. The van der Waals surface area contributed by atoms with E-state index in [0.29, 0.717) is 18.8 Å². The number of aliphatic hydroxyl groups excluding tert-OH is 1. The summed E-state index contributed by atoms with van der Waals surface area (Å²) >= 11 is 4.06. The maximum Gasteiger partial charge on any atom is 0.246 e. The van der Waals surface area contributed by atoms with Crippen LogP contribution in [0.2, 0.25) is 0 Å². The van der Waals surface area contributed by atoms with Crippen molar-refractivity contribution >= 4 is 24.4 Å². The molecule has 0 aliphatic carbocycles. The first kappa shape index (κ1) is 13.3. The quantitative estimate of drug-likeness (QED) is 0.572. The summed E-state index contributed by atoms with van der Waals surface area (Å²) in [6.45, 7) is 2.70. The van der Waals surface area contributed by atoms with E-state index in [4.69, 9.17) is 5.11 Å². The zero-order chi connectivity index (χ0) is 12.1. The minimum atomic E-state index is -0.557. The van der Waals surface area contributed by atoms with Crippen LogP contribution in [-0.4, -0.2) is 53.3 Å². The molecule has 2 amide bonds. The summed E-state index contributed by atoms with van der Waals surface area (Å²) in [4.78, 5) is 24.5. The molecule has 1 aliphatic heterocycles. The van der Waals surface area contributed by atoms with E-state index in [1.165, 1.54) is 6.92 Å². The second-order valence-electron chi connectivity index (χ2n) is 4.06. The van der Waals surface area contributed by atoms with Gasteiger partial charge in [-0.05, 0) is 6.42 Å². The van der Waals surface area contributed by atoms with Crippen LogP contribution in [0.25, 0.3) is 0 Å². The van der Waals surface area contributed by atoms with Gasteiger partial charge in [-0.15, -0.1) is 0 Å². The van der Waals surface area contributed by atoms with E-state index in [9.17, 15) is 9.59 Å². The highest BCUT2D eigenvalue weighted by atomic mass is 32.1. The van der Waals surface area contributed by atoms with Crippen LogP contribution in [-0.2, 0) is 9.59 Å². The molecule has 0 saturated carbocycles. The van der Waals surface area contributed by atoms with Gasteiger partial charge in [0.1, 0.15) is 6.04 Å². The molecule has 0 bridgehead atoms. The number of carbonyl (C=O) groups excluding carboxylic acids is 2. The Morgan fingerprint density at radius 1 is 1.62 bits per heavy atom. The fraction of sp³-hybridized carbons (Fsp3) is 0.800. The van der Waals surface area contributed by atoms with Gasteiger partial charge in [0.2, 0.25) is 11.8 Å². The number of nitrogens with zero attached hydrogens (tertiary/aromatic N) is 1. The Kier molecular flexibility index (Phi) is 5.08. The van der Waals surface area contributed by atoms with Gasteiger partial charge in [-0.3, -0.25) is 9.59 Å². The molecule has 0 aromatic carbocycles. The van der Waals surface area contributed by atoms with E-state index in [0.717, 1.165) is 6.42 Å². The molecule has 5 nitrogen and oxygen atoms in total. The summed E-state index contributed by atoms with van der Waals surface area (Å²) < 4.78 is 0. The average molecular weight is 246 g/mol. The van der Waals surface area contributed by atoms with Crippen LogP contribution in [0.3, 0.4) is 0 Å². The van der Waals surface area contributed by atoms with Crippen LogP contribution in [0, 0.1) is 5.92 Å². The van der Waals surface area contributed by atoms with Gasteiger partial charge in [-0.2, -0.15) is 12.6 Å². The second-order valence-corrected chi connectivity index (χ2v) is 4.42. The molecule has 1 heterocycles. The van der Waals surface area contributed by atoms with Gasteiger partial charge in [-0.1, -0.05) is 0 Å². The zero-order valence-corrected chi connectivity index (χ0v) is 10.2. The van der Waals surface area contributed by atoms with Gasteiger partial charge < -0.3 is 15.3 Å². The van der Waals surface area contributed by atoms with Gasteiger partial charge in [0.05, 0.1) is 0 Å². The van der Waals surface area contributed by atoms with Crippen LogP contribution in [0.1, 0.15) is 13.3 Å². The lowest BCUT2D eigenvalue weighted by Gasteiger charge is -2.22. The number of amides is 2. The Morgan fingerprint density at radius 3 is 2.75 bits per heavy atom. The molecule has 2 unspecified atom stereocenters. The minimum Gasteiger partial charge on any atom is -0.396 e. The van der Waals surface area contributed by atoms with Gasteiger partial charge in [-0.25, -0.2) is 0 Å². The highest BCUT2D eigenvalue weighted by Gasteiger charge is 2.30. The zero-order valence-electron chi connectivity index (χ0n) is 9.35. The molecule has 2 atom stereocenters. The van der Waals surface area contributed by atoms with Gasteiger partial charge in [0, 0.05) is 38.3 Å². The number of aliphatic hydroxyl groups is 1. The maximum absolute atomic E-state index is 12.0. The van der Waals surface area contributed by atoms with Crippen molar-refractivity contribution in [2.24, 2.45) is 5.92 Å². The summed E-state index contributed by atoms with van der Waals surface area (Å²) in [5, 5.41) is 11.6. The number of nitrogens with one attached hydrogen (secondary N) is 1. The van der Waals surface area contributed by atoms with E-state index in [-0.39, 0.29) is 24.3 Å². The van der Waals surface area contributed by atoms with Gasteiger partial charge >= 0.3 is 0 Å². The largest absolute Gasteiger partial charge is 0.396 e. The van der Waals surface area contributed by atoms with Crippen molar-refractivity contribution in [2.45, 2.75) is 19.4 Å². The molecule has 1 aliphatic rings. The van der Waals surface area contributed by atoms with Crippen molar-refractivity contribution in [1.82, 2.24) is 10.2 Å². The standard InChI is InChI=1S/C10H18N2O3S/c1-7(14)11-9(6-16)10(15)12-3-2-8(4-12)5-13/h8-9,13,16H,2-6H2,1H3,(H,11,14).